The van der Waals surface area contributed by atoms with Gasteiger partial charge in [0, 0.05) is 29.7 Å². The molecule has 1 heterocycles. The monoisotopic (exact) mass is 248 g/mol. The lowest BCUT2D eigenvalue weighted by molar-refractivity contribution is 0.0203. The zero-order chi connectivity index (χ0) is 13.1. The Morgan fingerprint density at radius 2 is 2.11 bits per heavy atom. The van der Waals surface area contributed by atoms with Gasteiger partial charge in [0.1, 0.15) is 6.10 Å². The van der Waals surface area contributed by atoms with Crippen molar-refractivity contribution in [3.8, 4) is 0 Å². The highest BCUT2D eigenvalue weighted by Crippen LogP contribution is 2.19. The molecule has 0 saturated heterocycles. The average molecular weight is 248 g/mol. The summed E-state index contributed by atoms with van der Waals surface area (Å²) in [6.45, 7) is 0.296. The molecule has 5 heteroatoms. The van der Waals surface area contributed by atoms with Crippen LogP contribution < -0.4 is 10.7 Å². The lowest BCUT2D eigenvalue weighted by atomic mass is 10.0. The second kappa shape index (κ2) is 5.30. The third kappa shape index (κ3) is 2.43. The van der Waals surface area contributed by atoms with Crippen LogP contribution in [0.3, 0.4) is 0 Å². The molecule has 1 aromatic carbocycles. The predicted molar refractivity (Wildman–Crippen MR) is 69.5 cm³/mol. The van der Waals surface area contributed by atoms with Crippen LogP contribution in [0.5, 0.6) is 0 Å². The van der Waals surface area contributed by atoms with Gasteiger partial charge in [0.25, 0.3) is 0 Å². The molecule has 2 atom stereocenters. The summed E-state index contributed by atoms with van der Waals surface area (Å²) < 4.78 is 0. The van der Waals surface area contributed by atoms with Crippen molar-refractivity contribution in [3.05, 3.63) is 46.2 Å². The normalized spacial score (nSPS) is 14.6. The largest absolute Gasteiger partial charge is 0.389 e. The van der Waals surface area contributed by atoms with E-state index in [1.807, 2.05) is 0 Å². The summed E-state index contributed by atoms with van der Waals surface area (Å²) in [6, 6.07) is 6.44. The summed E-state index contributed by atoms with van der Waals surface area (Å²) in [4.78, 5) is 14.5. The maximum absolute atomic E-state index is 11.6. The number of fused-ring (bicyclic) bond motifs is 1. The lowest BCUT2D eigenvalue weighted by Crippen LogP contribution is -2.29. The van der Waals surface area contributed by atoms with E-state index in [9.17, 15) is 15.0 Å². The molecule has 4 N–H and O–H groups in total. The fraction of sp³-hybridized carbons (Fsp3) is 0.308. The Bertz CT molecular complexity index is 594. The highest BCUT2D eigenvalue weighted by molar-refractivity contribution is 5.78. The van der Waals surface area contributed by atoms with Crippen LogP contribution in [0.1, 0.15) is 11.7 Å². The second-order valence-corrected chi connectivity index (χ2v) is 4.22. The van der Waals surface area contributed by atoms with Gasteiger partial charge in [0.2, 0.25) is 0 Å². The fourth-order valence-corrected chi connectivity index (χ4v) is 1.92. The van der Waals surface area contributed by atoms with Gasteiger partial charge < -0.3 is 20.5 Å². The number of hydrogen-bond acceptors (Lipinski definition) is 4. The van der Waals surface area contributed by atoms with Gasteiger partial charge in [0.05, 0.1) is 6.10 Å². The van der Waals surface area contributed by atoms with Crippen LogP contribution in [0.4, 0.5) is 0 Å². The number of hydrogen-bond donors (Lipinski definition) is 4. The van der Waals surface area contributed by atoms with Crippen LogP contribution >= 0.6 is 0 Å². The van der Waals surface area contributed by atoms with Crippen molar-refractivity contribution in [2.24, 2.45) is 0 Å². The Morgan fingerprint density at radius 1 is 1.33 bits per heavy atom. The minimum Gasteiger partial charge on any atom is -0.389 e. The van der Waals surface area contributed by atoms with Crippen LogP contribution in [0.25, 0.3) is 10.9 Å². The molecule has 96 valence electrons. The molecule has 2 rings (SSSR count). The minimum atomic E-state index is -0.981. The van der Waals surface area contributed by atoms with Gasteiger partial charge >= 0.3 is 0 Å². The van der Waals surface area contributed by atoms with E-state index in [4.69, 9.17) is 0 Å². The predicted octanol–water partition coefficient (Wildman–Crippen LogP) is 0.142. The van der Waals surface area contributed by atoms with E-state index in [2.05, 4.69) is 10.3 Å². The number of aliphatic hydroxyl groups excluding tert-OH is 2. The van der Waals surface area contributed by atoms with E-state index in [0.29, 0.717) is 23.0 Å². The zero-order valence-corrected chi connectivity index (χ0v) is 10.1. The van der Waals surface area contributed by atoms with E-state index in [0.717, 1.165) is 0 Å². The van der Waals surface area contributed by atoms with E-state index >= 15 is 0 Å². The molecular formula is C13H16N2O3. The van der Waals surface area contributed by atoms with E-state index in [1.165, 1.54) is 6.07 Å². The third-order valence-electron chi connectivity index (χ3n) is 2.90. The van der Waals surface area contributed by atoms with Crippen molar-refractivity contribution in [3.63, 3.8) is 0 Å². The number of H-pyrrole nitrogens is 1. The summed E-state index contributed by atoms with van der Waals surface area (Å²) in [5.41, 5.74) is 1.16. The number of aromatic amines is 1. The smallest absolute Gasteiger partial charge is 0.189 e. The maximum Gasteiger partial charge on any atom is 0.189 e. The zero-order valence-electron chi connectivity index (χ0n) is 10.1. The Kier molecular flexibility index (Phi) is 3.76. The average Bonchev–Trinajstić information content (AvgIpc) is 2.38. The quantitative estimate of drug-likeness (QED) is 0.620. The number of aromatic nitrogens is 1. The Balaban J connectivity index is 2.38. The van der Waals surface area contributed by atoms with Gasteiger partial charge in [-0.15, -0.1) is 0 Å². The highest BCUT2D eigenvalue weighted by Gasteiger charge is 2.17. The molecule has 0 saturated carbocycles. The van der Waals surface area contributed by atoms with Crippen molar-refractivity contribution < 1.29 is 10.2 Å². The molecule has 0 amide bonds. The number of rotatable bonds is 4. The maximum atomic E-state index is 11.6. The fourth-order valence-electron chi connectivity index (χ4n) is 1.92. The summed E-state index contributed by atoms with van der Waals surface area (Å²) in [5.74, 6) is 0. The number of nitrogens with one attached hydrogen (secondary N) is 2. The molecule has 1 aromatic heterocycles. The topological polar surface area (TPSA) is 85.3 Å². The van der Waals surface area contributed by atoms with E-state index in [-0.39, 0.29) is 5.43 Å². The molecule has 2 aromatic rings. The molecule has 18 heavy (non-hydrogen) atoms. The molecule has 2 unspecified atom stereocenters. The minimum absolute atomic E-state index is 0.0689. The van der Waals surface area contributed by atoms with Crippen LogP contribution in [0.2, 0.25) is 0 Å². The van der Waals surface area contributed by atoms with Crippen LogP contribution in [-0.2, 0) is 0 Å². The molecule has 0 bridgehead atoms. The van der Waals surface area contributed by atoms with Crippen molar-refractivity contribution in [1.82, 2.24) is 10.3 Å². The van der Waals surface area contributed by atoms with Crippen LogP contribution in [0, 0.1) is 0 Å². The molecule has 5 nitrogen and oxygen atoms in total. The molecule has 0 fully saturated rings. The van der Waals surface area contributed by atoms with Crippen molar-refractivity contribution >= 4 is 10.9 Å². The summed E-state index contributed by atoms with van der Waals surface area (Å²) in [5, 5.41) is 23.0. The van der Waals surface area contributed by atoms with E-state index < -0.39 is 12.2 Å². The van der Waals surface area contributed by atoms with Gasteiger partial charge in [-0.25, -0.2) is 0 Å². The highest BCUT2D eigenvalue weighted by atomic mass is 16.3. The Morgan fingerprint density at radius 3 is 2.83 bits per heavy atom. The van der Waals surface area contributed by atoms with Crippen LogP contribution in [-0.4, -0.2) is 34.9 Å². The molecule has 0 spiro atoms. The Hall–Kier alpha value is -1.69. The summed E-state index contributed by atoms with van der Waals surface area (Å²) in [7, 11) is 1.70. The number of likely N-dealkylation sites (N-methyl/N-ethyl adjacent to an activating group) is 1. The Labute approximate surface area is 104 Å². The van der Waals surface area contributed by atoms with Crippen molar-refractivity contribution in [1.29, 1.82) is 0 Å². The first-order valence-electron chi connectivity index (χ1n) is 5.75. The first kappa shape index (κ1) is 12.8. The standard InChI is InChI=1S/C13H16N2O3/c1-14-7-12(17)13(18)8-2-3-9-10(6-8)15-5-4-11(9)16/h2-6,12-14,17-18H,7H2,1H3,(H,15,16). The van der Waals surface area contributed by atoms with Gasteiger partial charge in [-0.2, -0.15) is 0 Å². The molecule has 0 aliphatic heterocycles. The van der Waals surface area contributed by atoms with Gasteiger partial charge in [-0.05, 0) is 24.7 Å². The number of benzene rings is 1. The van der Waals surface area contributed by atoms with Crippen molar-refractivity contribution in [2.45, 2.75) is 12.2 Å². The molecule has 0 radical (unpaired) electrons. The molecular weight excluding hydrogens is 232 g/mol. The first-order valence-corrected chi connectivity index (χ1v) is 5.75. The van der Waals surface area contributed by atoms with Gasteiger partial charge in [0.15, 0.2) is 5.43 Å². The second-order valence-electron chi connectivity index (χ2n) is 4.22. The third-order valence-corrected chi connectivity index (χ3v) is 2.90. The molecule has 0 aliphatic rings. The SMILES string of the molecule is CNCC(O)C(O)c1ccc2c(=O)cc[nH]c2c1. The number of pyridine rings is 1. The molecule has 0 aliphatic carbocycles. The first-order chi connectivity index (χ1) is 8.63. The van der Waals surface area contributed by atoms with Crippen LogP contribution in [0.15, 0.2) is 35.3 Å². The van der Waals surface area contributed by atoms with Gasteiger partial charge in [-0.3, -0.25) is 4.79 Å². The summed E-state index contributed by atoms with van der Waals surface area (Å²) in [6.07, 6.45) is -0.307. The summed E-state index contributed by atoms with van der Waals surface area (Å²) >= 11 is 0. The number of aliphatic hydroxyl groups is 2. The van der Waals surface area contributed by atoms with Crippen molar-refractivity contribution in [2.75, 3.05) is 13.6 Å². The van der Waals surface area contributed by atoms with E-state index in [1.54, 1.807) is 31.4 Å². The van der Waals surface area contributed by atoms with Gasteiger partial charge in [-0.1, -0.05) is 6.07 Å². The lowest BCUT2D eigenvalue weighted by Gasteiger charge is -2.18.